The average molecular weight is 256 g/mol. The third kappa shape index (κ3) is 3.68. The van der Waals surface area contributed by atoms with Crippen molar-refractivity contribution in [2.45, 2.75) is 64.7 Å². The summed E-state index contributed by atoms with van der Waals surface area (Å²) in [5.41, 5.74) is -1.76. The summed E-state index contributed by atoms with van der Waals surface area (Å²) in [5.74, 6) is 0. The van der Waals surface area contributed by atoms with Crippen LogP contribution in [0, 0.1) is 11.3 Å². The van der Waals surface area contributed by atoms with Crippen molar-refractivity contribution in [1.29, 1.82) is 5.26 Å². The van der Waals surface area contributed by atoms with Crippen LogP contribution in [0.25, 0.3) is 0 Å². The summed E-state index contributed by atoms with van der Waals surface area (Å²) in [6, 6.07) is 2.32. The van der Waals surface area contributed by atoms with E-state index in [1.165, 1.54) is 0 Å². The minimum atomic E-state index is -0.927. The van der Waals surface area contributed by atoms with Crippen LogP contribution in [-0.4, -0.2) is 46.9 Å². The Bertz CT molecular complexity index is 306. The van der Waals surface area contributed by atoms with Crippen molar-refractivity contribution in [3.63, 3.8) is 0 Å². The normalized spacial score (nSPS) is 19.1. The summed E-state index contributed by atoms with van der Waals surface area (Å²) in [6.45, 7) is 12.3. The Morgan fingerprint density at radius 3 is 2.00 bits per heavy atom. The van der Waals surface area contributed by atoms with E-state index in [-0.39, 0.29) is 12.2 Å². The van der Waals surface area contributed by atoms with Crippen LogP contribution in [0.4, 0.5) is 0 Å². The fraction of sp³-hybridized carbons (Fsp3) is 0.929. The van der Waals surface area contributed by atoms with Crippen LogP contribution in [0.3, 0.4) is 0 Å². The van der Waals surface area contributed by atoms with Crippen LogP contribution in [0.15, 0.2) is 0 Å². The highest BCUT2D eigenvalue weighted by atomic mass is 16.5. The third-order valence-electron chi connectivity index (χ3n) is 3.72. The molecule has 0 aromatic rings. The smallest absolute Gasteiger partial charge is 0.169 e. The number of likely N-dealkylation sites (N-methyl/N-ethyl adjacent to an activating group) is 1. The van der Waals surface area contributed by atoms with E-state index in [1.54, 1.807) is 0 Å². The van der Waals surface area contributed by atoms with Gasteiger partial charge >= 0.3 is 0 Å². The van der Waals surface area contributed by atoms with Gasteiger partial charge in [-0.2, -0.15) is 5.26 Å². The standard InChI is InChI=1S/C14H28N2O2/c1-8-13(5,16(7)9-10-17)14(6,11-15)18-12(2,3)4/h17H,8-10H2,1-7H3/t13?,14-/m1/s1. The molecule has 0 aromatic heterocycles. The van der Waals surface area contributed by atoms with Gasteiger partial charge in [-0.3, -0.25) is 4.90 Å². The summed E-state index contributed by atoms with van der Waals surface area (Å²) < 4.78 is 6.01. The maximum absolute atomic E-state index is 9.57. The molecule has 4 heteroatoms. The van der Waals surface area contributed by atoms with Gasteiger partial charge in [0.25, 0.3) is 0 Å². The lowest BCUT2D eigenvalue weighted by Crippen LogP contribution is -2.62. The quantitative estimate of drug-likeness (QED) is 0.791. The fourth-order valence-electron chi connectivity index (χ4n) is 2.23. The molecule has 18 heavy (non-hydrogen) atoms. The number of aliphatic hydroxyl groups is 1. The molecule has 0 radical (unpaired) electrons. The van der Waals surface area contributed by atoms with Crippen LogP contribution in [0.2, 0.25) is 0 Å². The molecule has 0 aromatic carbocycles. The predicted molar refractivity (Wildman–Crippen MR) is 73.3 cm³/mol. The van der Waals surface area contributed by atoms with Crippen LogP contribution < -0.4 is 0 Å². The number of rotatable bonds is 6. The van der Waals surface area contributed by atoms with Gasteiger partial charge in [-0.15, -0.1) is 0 Å². The van der Waals surface area contributed by atoms with Gasteiger partial charge in [-0.25, -0.2) is 0 Å². The summed E-state index contributed by atoms with van der Waals surface area (Å²) in [6.07, 6.45) is 0.768. The molecule has 0 amide bonds. The molecule has 0 aliphatic rings. The molecule has 106 valence electrons. The van der Waals surface area contributed by atoms with Crippen LogP contribution >= 0.6 is 0 Å². The Balaban J connectivity index is 5.38. The van der Waals surface area contributed by atoms with Crippen molar-refractivity contribution in [2.24, 2.45) is 0 Å². The van der Waals surface area contributed by atoms with Crippen molar-refractivity contribution < 1.29 is 9.84 Å². The number of hydrogen-bond acceptors (Lipinski definition) is 4. The molecule has 0 aliphatic heterocycles. The van der Waals surface area contributed by atoms with E-state index in [1.807, 2.05) is 53.5 Å². The van der Waals surface area contributed by atoms with Crippen molar-refractivity contribution in [1.82, 2.24) is 4.90 Å². The maximum Gasteiger partial charge on any atom is 0.169 e. The van der Waals surface area contributed by atoms with E-state index in [4.69, 9.17) is 9.84 Å². The van der Waals surface area contributed by atoms with Gasteiger partial charge in [0.2, 0.25) is 0 Å². The van der Waals surface area contributed by atoms with Crippen molar-refractivity contribution in [3.8, 4) is 6.07 Å². The predicted octanol–water partition coefficient (Wildman–Crippen LogP) is 2.18. The second-order valence-corrected chi connectivity index (χ2v) is 6.13. The molecule has 0 heterocycles. The number of hydrogen-bond donors (Lipinski definition) is 1. The SMILES string of the molecule is CCC(C)(N(C)CCO)[C@@](C)(C#N)OC(C)(C)C. The average Bonchev–Trinajstić information content (AvgIpc) is 2.25. The molecule has 1 unspecified atom stereocenters. The molecule has 0 spiro atoms. The number of aliphatic hydroxyl groups excluding tert-OH is 1. The van der Waals surface area contributed by atoms with Gasteiger partial charge in [0.1, 0.15) is 0 Å². The highest BCUT2D eigenvalue weighted by molar-refractivity contribution is 5.15. The van der Waals surface area contributed by atoms with Gasteiger partial charge in [0.05, 0.1) is 23.8 Å². The molecular formula is C14H28N2O2. The number of ether oxygens (including phenoxy) is 1. The van der Waals surface area contributed by atoms with E-state index in [9.17, 15) is 5.26 Å². The first-order valence-electron chi connectivity index (χ1n) is 6.50. The summed E-state index contributed by atoms with van der Waals surface area (Å²) >= 11 is 0. The second-order valence-electron chi connectivity index (χ2n) is 6.13. The lowest BCUT2D eigenvalue weighted by Gasteiger charge is -2.49. The van der Waals surface area contributed by atoms with Gasteiger partial charge in [-0.05, 0) is 48.1 Å². The molecule has 0 aliphatic carbocycles. The highest BCUT2D eigenvalue weighted by Gasteiger charge is 2.49. The second kappa shape index (κ2) is 6.01. The first-order chi connectivity index (χ1) is 8.06. The summed E-state index contributed by atoms with van der Waals surface area (Å²) in [5, 5.41) is 18.7. The third-order valence-corrected chi connectivity index (χ3v) is 3.72. The highest BCUT2D eigenvalue weighted by Crippen LogP contribution is 2.36. The van der Waals surface area contributed by atoms with E-state index >= 15 is 0 Å². The minimum absolute atomic E-state index is 0.0725. The van der Waals surface area contributed by atoms with Gasteiger partial charge in [-0.1, -0.05) is 6.92 Å². The molecule has 1 N–H and O–H groups in total. The molecule has 0 fully saturated rings. The zero-order valence-corrected chi connectivity index (χ0v) is 12.9. The minimum Gasteiger partial charge on any atom is -0.395 e. The van der Waals surface area contributed by atoms with Crippen LogP contribution in [-0.2, 0) is 4.74 Å². The van der Waals surface area contributed by atoms with E-state index < -0.39 is 11.1 Å². The monoisotopic (exact) mass is 256 g/mol. The van der Waals surface area contributed by atoms with Crippen molar-refractivity contribution in [2.75, 3.05) is 20.2 Å². The molecule has 0 bridgehead atoms. The number of nitriles is 1. The lowest BCUT2D eigenvalue weighted by molar-refractivity contribution is -0.159. The van der Waals surface area contributed by atoms with Crippen molar-refractivity contribution in [3.05, 3.63) is 0 Å². The van der Waals surface area contributed by atoms with Gasteiger partial charge in [0, 0.05) is 6.54 Å². The maximum atomic E-state index is 9.57. The summed E-state index contributed by atoms with van der Waals surface area (Å²) in [4.78, 5) is 2.00. The zero-order valence-electron chi connectivity index (χ0n) is 12.9. The van der Waals surface area contributed by atoms with Crippen molar-refractivity contribution >= 4 is 0 Å². The van der Waals surface area contributed by atoms with Gasteiger partial charge in [0.15, 0.2) is 5.60 Å². The summed E-state index contributed by atoms with van der Waals surface area (Å²) in [7, 11) is 1.92. The molecule has 0 rings (SSSR count). The Morgan fingerprint density at radius 1 is 1.22 bits per heavy atom. The number of nitrogens with zero attached hydrogens (tertiary/aromatic N) is 2. The number of β-amino-alcohol motifs (C(OH)–C–C–N with tert-alkyl or cyclic N) is 1. The molecule has 2 atom stereocenters. The Labute approximate surface area is 112 Å². The Morgan fingerprint density at radius 2 is 1.72 bits per heavy atom. The zero-order chi connectivity index (χ0) is 14.6. The Hall–Kier alpha value is -0.630. The van der Waals surface area contributed by atoms with Gasteiger partial charge < -0.3 is 9.84 Å². The van der Waals surface area contributed by atoms with E-state index in [0.717, 1.165) is 6.42 Å². The van der Waals surface area contributed by atoms with E-state index in [0.29, 0.717) is 6.54 Å². The largest absolute Gasteiger partial charge is 0.395 e. The van der Waals surface area contributed by atoms with Crippen LogP contribution in [0.5, 0.6) is 0 Å². The first-order valence-corrected chi connectivity index (χ1v) is 6.50. The molecular weight excluding hydrogens is 228 g/mol. The fourth-order valence-corrected chi connectivity index (χ4v) is 2.23. The molecule has 0 saturated carbocycles. The first kappa shape index (κ1) is 17.4. The topological polar surface area (TPSA) is 56.5 Å². The molecule has 4 nitrogen and oxygen atoms in total. The van der Waals surface area contributed by atoms with E-state index in [2.05, 4.69) is 6.07 Å². The van der Waals surface area contributed by atoms with Crippen LogP contribution in [0.1, 0.15) is 48.0 Å². The Kier molecular flexibility index (Phi) is 5.80. The lowest BCUT2D eigenvalue weighted by atomic mass is 9.79. The molecule has 0 saturated heterocycles.